The summed E-state index contributed by atoms with van der Waals surface area (Å²) in [5.41, 5.74) is 7.25. The molecule has 0 spiro atoms. The first-order chi connectivity index (χ1) is 9.34. The SMILES string of the molecule is Cc1ccc(S(=O)c2ccc(C)c(C)c2C)c(C)c1C. The fourth-order valence-electron chi connectivity index (χ4n) is 2.38. The van der Waals surface area contributed by atoms with Crippen molar-refractivity contribution in [1.29, 1.82) is 0 Å². The lowest BCUT2D eigenvalue weighted by molar-refractivity contribution is 0.682. The van der Waals surface area contributed by atoms with Gasteiger partial charge in [-0.25, -0.2) is 4.21 Å². The molecule has 0 aliphatic carbocycles. The maximum atomic E-state index is 12.9. The molecule has 2 aromatic carbocycles. The Balaban J connectivity index is 2.58. The smallest absolute Gasteiger partial charge is 0.0855 e. The van der Waals surface area contributed by atoms with Crippen LogP contribution in [0.2, 0.25) is 0 Å². The van der Waals surface area contributed by atoms with E-state index in [-0.39, 0.29) is 0 Å². The molecule has 0 aliphatic heterocycles. The Morgan fingerprint density at radius 3 is 1.30 bits per heavy atom. The summed E-state index contributed by atoms with van der Waals surface area (Å²) in [6.45, 7) is 12.5. The van der Waals surface area contributed by atoms with E-state index in [0.29, 0.717) is 0 Å². The van der Waals surface area contributed by atoms with Gasteiger partial charge in [-0.1, -0.05) is 12.1 Å². The van der Waals surface area contributed by atoms with Crippen molar-refractivity contribution in [1.82, 2.24) is 0 Å². The predicted octanol–water partition coefficient (Wildman–Crippen LogP) is 4.70. The number of aryl methyl sites for hydroxylation is 2. The second-order valence-corrected chi connectivity index (χ2v) is 6.95. The summed E-state index contributed by atoms with van der Waals surface area (Å²) in [6, 6.07) is 8.13. The highest BCUT2D eigenvalue weighted by atomic mass is 32.2. The third kappa shape index (κ3) is 2.45. The summed E-state index contributed by atoms with van der Waals surface area (Å²) in [5, 5.41) is 0. The van der Waals surface area contributed by atoms with E-state index in [4.69, 9.17) is 0 Å². The van der Waals surface area contributed by atoms with Crippen LogP contribution in [-0.4, -0.2) is 4.21 Å². The monoisotopic (exact) mass is 286 g/mol. The molecule has 106 valence electrons. The minimum Gasteiger partial charge on any atom is -0.249 e. The van der Waals surface area contributed by atoms with Crippen LogP contribution in [0, 0.1) is 41.5 Å². The van der Waals surface area contributed by atoms with Crippen LogP contribution in [0.4, 0.5) is 0 Å². The van der Waals surface area contributed by atoms with E-state index < -0.39 is 10.8 Å². The van der Waals surface area contributed by atoms with Crippen molar-refractivity contribution in [2.75, 3.05) is 0 Å². The minimum absolute atomic E-state index is 0.930. The molecule has 0 aliphatic rings. The van der Waals surface area contributed by atoms with E-state index in [9.17, 15) is 4.21 Å². The number of rotatable bonds is 2. The van der Waals surface area contributed by atoms with Gasteiger partial charge in [0.05, 0.1) is 10.8 Å². The summed E-state index contributed by atoms with van der Waals surface area (Å²) in [7, 11) is -1.11. The van der Waals surface area contributed by atoms with Crippen LogP contribution in [0.15, 0.2) is 34.1 Å². The molecule has 0 radical (unpaired) electrons. The van der Waals surface area contributed by atoms with Crippen molar-refractivity contribution >= 4 is 10.8 Å². The van der Waals surface area contributed by atoms with E-state index in [0.717, 1.165) is 20.9 Å². The number of benzene rings is 2. The number of hydrogen-bond acceptors (Lipinski definition) is 1. The minimum atomic E-state index is -1.11. The summed E-state index contributed by atoms with van der Waals surface area (Å²) in [6.07, 6.45) is 0. The van der Waals surface area contributed by atoms with Crippen LogP contribution >= 0.6 is 0 Å². The summed E-state index contributed by atoms with van der Waals surface area (Å²) in [4.78, 5) is 1.86. The Labute approximate surface area is 124 Å². The lowest BCUT2D eigenvalue weighted by Gasteiger charge is -2.14. The second kappa shape index (κ2) is 5.53. The van der Waals surface area contributed by atoms with Crippen molar-refractivity contribution < 1.29 is 4.21 Å². The van der Waals surface area contributed by atoms with Crippen LogP contribution in [-0.2, 0) is 10.8 Å². The molecule has 0 bridgehead atoms. The molecule has 0 unspecified atom stereocenters. The molecule has 0 saturated heterocycles. The topological polar surface area (TPSA) is 17.1 Å². The molecule has 0 saturated carbocycles. The van der Waals surface area contributed by atoms with Crippen molar-refractivity contribution in [3.8, 4) is 0 Å². The molecule has 2 heteroatoms. The third-order valence-corrected chi connectivity index (χ3v) is 6.10. The second-order valence-electron chi connectivity index (χ2n) is 5.53. The van der Waals surface area contributed by atoms with Gasteiger partial charge in [0.2, 0.25) is 0 Å². The maximum absolute atomic E-state index is 12.9. The molecule has 0 aromatic heterocycles. The molecule has 2 aromatic rings. The van der Waals surface area contributed by atoms with Crippen molar-refractivity contribution in [2.24, 2.45) is 0 Å². The first-order valence-corrected chi connectivity index (χ1v) is 8.05. The summed E-state index contributed by atoms with van der Waals surface area (Å²) in [5.74, 6) is 0. The molecule has 0 fully saturated rings. The first kappa shape index (κ1) is 15.0. The maximum Gasteiger partial charge on any atom is 0.0855 e. The Kier molecular flexibility index (Phi) is 4.14. The van der Waals surface area contributed by atoms with Gasteiger partial charge in [-0.3, -0.25) is 0 Å². The van der Waals surface area contributed by atoms with E-state index in [2.05, 4.69) is 53.7 Å². The molecule has 1 nitrogen and oxygen atoms in total. The van der Waals surface area contributed by atoms with Gasteiger partial charge < -0.3 is 0 Å². The van der Waals surface area contributed by atoms with E-state index in [1.54, 1.807) is 0 Å². The average Bonchev–Trinajstić information content (AvgIpc) is 2.42. The zero-order chi connectivity index (χ0) is 15.0. The van der Waals surface area contributed by atoms with Gasteiger partial charge in [0.1, 0.15) is 0 Å². The molecule has 0 amide bonds. The third-order valence-electron chi connectivity index (χ3n) is 4.42. The Morgan fingerprint density at radius 2 is 0.950 bits per heavy atom. The normalized spacial score (nSPS) is 11.2. The molecule has 0 N–H and O–H groups in total. The standard InChI is InChI=1S/C18H22OS/c1-11-7-9-17(15(5)13(11)3)20(19)18-10-8-12(2)14(4)16(18)6/h7-10H,1-6H3. The van der Waals surface area contributed by atoms with E-state index in [1.807, 2.05) is 12.1 Å². The fourth-order valence-corrected chi connectivity index (χ4v) is 3.87. The summed E-state index contributed by atoms with van der Waals surface area (Å²) >= 11 is 0. The highest BCUT2D eigenvalue weighted by molar-refractivity contribution is 7.85. The molecule has 2 rings (SSSR count). The van der Waals surface area contributed by atoms with Crippen molar-refractivity contribution in [2.45, 2.75) is 51.3 Å². The fraction of sp³-hybridized carbons (Fsp3) is 0.333. The molecule has 20 heavy (non-hydrogen) atoms. The molecular weight excluding hydrogens is 264 g/mol. The van der Waals surface area contributed by atoms with Crippen LogP contribution in [0.3, 0.4) is 0 Å². The van der Waals surface area contributed by atoms with Crippen LogP contribution in [0.5, 0.6) is 0 Å². The van der Waals surface area contributed by atoms with Gasteiger partial charge in [-0.05, 0) is 87.1 Å². The zero-order valence-corrected chi connectivity index (χ0v) is 13.9. The zero-order valence-electron chi connectivity index (χ0n) is 13.1. The summed E-state index contributed by atoms with van der Waals surface area (Å²) < 4.78 is 12.9. The molecule has 0 atom stereocenters. The van der Waals surface area contributed by atoms with Crippen molar-refractivity contribution in [3.63, 3.8) is 0 Å². The van der Waals surface area contributed by atoms with Gasteiger partial charge in [0.15, 0.2) is 0 Å². The Hall–Kier alpha value is -1.41. The highest BCUT2D eigenvalue weighted by Crippen LogP contribution is 2.28. The van der Waals surface area contributed by atoms with Gasteiger partial charge in [-0.15, -0.1) is 0 Å². The van der Waals surface area contributed by atoms with Crippen molar-refractivity contribution in [3.05, 3.63) is 57.6 Å². The van der Waals surface area contributed by atoms with Gasteiger partial charge in [0, 0.05) is 9.79 Å². The van der Waals surface area contributed by atoms with Gasteiger partial charge in [-0.2, -0.15) is 0 Å². The average molecular weight is 286 g/mol. The van der Waals surface area contributed by atoms with Gasteiger partial charge in [0.25, 0.3) is 0 Å². The molecule has 0 heterocycles. The molecular formula is C18H22OS. The largest absolute Gasteiger partial charge is 0.249 e. The Bertz CT molecular complexity index is 640. The quantitative estimate of drug-likeness (QED) is 0.782. The van der Waals surface area contributed by atoms with Crippen LogP contribution in [0.1, 0.15) is 33.4 Å². The van der Waals surface area contributed by atoms with Crippen LogP contribution in [0.25, 0.3) is 0 Å². The highest BCUT2D eigenvalue weighted by Gasteiger charge is 2.15. The van der Waals surface area contributed by atoms with Gasteiger partial charge >= 0.3 is 0 Å². The lowest BCUT2D eigenvalue weighted by Crippen LogP contribution is -2.02. The van der Waals surface area contributed by atoms with E-state index in [1.165, 1.54) is 22.3 Å². The van der Waals surface area contributed by atoms with E-state index >= 15 is 0 Å². The van der Waals surface area contributed by atoms with Crippen LogP contribution < -0.4 is 0 Å². The predicted molar refractivity (Wildman–Crippen MR) is 86.0 cm³/mol. The first-order valence-electron chi connectivity index (χ1n) is 6.90. The number of hydrogen-bond donors (Lipinski definition) is 0. The lowest BCUT2D eigenvalue weighted by atomic mass is 10.0. The Morgan fingerprint density at radius 1 is 0.600 bits per heavy atom.